The quantitative estimate of drug-likeness (QED) is 0.420. The minimum Gasteiger partial charge on any atom is -0.496 e. The monoisotopic (exact) mass is 306 g/mol. The molecule has 0 heterocycles. The molecule has 0 N–H and O–H groups in total. The number of carbonyl (C=O) groups excluding carboxylic acids is 2. The highest BCUT2D eigenvalue weighted by molar-refractivity contribution is 6.16. The van der Waals surface area contributed by atoms with Crippen LogP contribution in [0.4, 0.5) is 0 Å². The van der Waals surface area contributed by atoms with Gasteiger partial charge in [-0.1, -0.05) is 43.7 Å². The molecule has 0 amide bonds. The Labute approximate surface area is 130 Å². The van der Waals surface area contributed by atoms with Gasteiger partial charge in [-0.05, 0) is 12.0 Å². The van der Waals surface area contributed by atoms with Crippen LogP contribution < -0.4 is 0 Å². The number of carbonyl (C=O) groups is 2. The Bertz CT molecular complexity index is 507. The predicted molar refractivity (Wildman–Crippen MR) is 82.8 cm³/mol. The first-order valence-electron chi connectivity index (χ1n) is 7.21. The minimum atomic E-state index is -0.481. The molecule has 120 valence electrons. The van der Waals surface area contributed by atoms with Crippen molar-refractivity contribution in [3.63, 3.8) is 0 Å². The Balaban J connectivity index is 2.76. The van der Waals surface area contributed by atoms with E-state index < -0.39 is 5.97 Å². The van der Waals surface area contributed by atoms with Crippen LogP contribution in [0.15, 0.2) is 36.6 Å². The molecule has 1 aromatic rings. The van der Waals surface area contributed by atoms with Gasteiger partial charge < -0.3 is 14.2 Å². The molecule has 22 heavy (non-hydrogen) atoms. The van der Waals surface area contributed by atoms with Gasteiger partial charge in [0, 0.05) is 6.92 Å². The van der Waals surface area contributed by atoms with Crippen LogP contribution in [-0.2, 0) is 23.8 Å². The molecule has 0 aliphatic carbocycles. The third-order valence-electron chi connectivity index (χ3n) is 2.92. The van der Waals surface area contributed by atoms with Crippen molar-refractivity contribution >= 4 is 17.5 Å². The fourth-order valence-corrected chi connectivity index (χ4v) is 1.93. The molecule has 5 nitrogen and oxygen atoms in total. The third kappa shape index (κ3) is 5.99. The highest BCUT2D eigenvalue weighted by Gasteiger charge is 2.15. The lowest BCUT2D eigenvalue weighted by Crippen LogP contribution is -2.21. The van der Waals surface area contributed by atoms with Crippen LogP contribution in [0, 0.1) is 0 Å². The van der Waals surface area contributed by atoms with Crippen LogP contribution in [-0.4, -0.2) is 31.8 Å². The summed E-state index contributed by atoms with van der Waals surface area (Å²) in [4.78, 5) is 22.9. The van der Waals surface area contributed by atoms with Gasteiger partial charge in [0.1, 0.15) is 18.3 Å². The Morgan fingerprint density at radius 3 is 2.45 bits per heavy atom. The van der Waals surface area contributed by atoms with E-state index >= 15 is 0 Å². The number of methoxy groups -OCH3 is 1. The molecule has 1 atom stereocenters. The standard InChI is InChI=1S/C17H22O5/c1-4-8-15(22-13(2)18)11-21-12-16(17(19)20-3)14-9-6-5-7-10-14/h5-7,9-10,12,15H,4,8,11H2,1-3H3. The summed E-state index contributed by atoms with van der Waals surface area (Å²) in [7, 11) is 1.32. The molecular formula is C17H22O5. The topological polar surface area (TPSA) is 61.8 Å². The Morgan fingerprint density at radius 2 is 1.91 bits per heavy atom. The molecule has 1 unspecified atom stereocenters. The Morgan fingerprint density at radius 1 is 1.23 bits per heavy atom. The molecule has 0 fully saturated rings. The van der Waals surface area contributed by atoms with Crippen molar-refractivity contribution in [3.8, 4) is 0 Å². The first kappa shape index (κ1) is 17.8. The number of ether oxygens (including phenoxy) is 3. The Hall–Kier alpha value is -2.30. The summed E-state index contributed by atoms with van der Waals surface area (Å²) in [6, 6.07) is 9.09. The van der Waals surface area contributed by atoms with Crippen LogP contribution in [0.1, 0.15) is 32.3 Å². The van der Waals surface area contributed by atoms with Crippen molar-refractivity contribution in [2.24, 2.45) is 0 Å². The van der Waals surface area contributed by atoms with Crippen molar-refractivity contribution in [1.82, 2.24) is 0 Å². The summed E-state index contributed by atoms with van der Waals surface area (Å²) in [5.41, 5.74) is 1.02. The highest BCUT2D eigenvalue weighted by Crippen LogP contribution is 2.16. The second kappa shape index (κ2) is 9.60. The normalized spacial score (nSPS) is 12.4. The van der Waals surface area contributed by atoms with E-state index in [0.717, 1.165) is 6.42 Å². The summed E-state index contributed by atoms with van der Waals surface area (Å²) >= 11 is 0. The van der Waals surface area contributed by atoms with Crippen molar-refractivity contribution in [3.05, 3.63) is 42.2 Å². The van der Waals surface area contributed by atoms with E-state index in [1.54, 1.807) is 12.1 Å². The zero-order valence-electron chi connectivity index (χ0n) is 13.2. The molecular weight excluding hydrogens is 284 g/mol. The average molecular weight is 306 g/mol. The van der Waals surface area contributed by atoms with Crippen molar-refractivity contribution in [2.45, 2.75) is 32.8 Å². The van der Waals surface area contributed by atoms with Crippen LogP contribution in [0.2, 0.25) is 0 Å². The molecule has 1 aromatic carbocycles. The van der Waals surface area contributed by atoms with Gasteiger partial charge >= 0.3 is 11.9 Å². The average Bonchev–Trinajstić information content (AvgIpc) is 2.51. The van der Waals surface area contributed by atoms with Crippen LogP contribution in [0.5, 0.6) is 0 Å². The zero-order chi connectivity index (χ0) is 16.4. The van der Waals surface area contributed by atoms with E-state index in [2.05, 4.69) is 0 Å². The zero-order valence-corrected chi connectivity index (χ0v) is 13.2. The maximum absolute atomic E-state index is 11.8. The van der Waals surface area contributed by atoms with Crippen molar-refractivity contribution < 1.29 is 23.8 Å². The van der Waals surface area contributed by atoms with Gasteiger partial charge in [0.2, 0.25) is 0 Å². The largest absolute Gasteiger partial charge is 0.496 e. The SMILES string of the molecule is CCCC(COC=C(C(=O)OC)c1ccccc1)OC(C)=O. The van der Waals surface area contributed by atoms with Gasteiger partial charge in [-0.2, -0.15) is 0 Å². The number of rotatable bonds is 8. The summed E-state index contributed by atoms with van der Waals surface area (Å²) < 4.78 is 15.4. The van der Waals surface area contributed by atoms with E-state index in [-0.39, 0.29) is 18.7 Å². The van der Waals surface area contributed by atoms with Gasteiger partial charge in [-0.15, -0.1) is 0 Å². The first-order chi connectivity index (χ1) is 10.6. The molecule has 0 bridgehead atoms. The molecule has 0 aromatic heterocycles. The van der Waals surface area contributed by atoms with Gasteiger partial charge in [-0.25, -0.2) is 4.79 Å². The van der Waals surface area contributed by atoms with Crippen LogP contribution in [0.3, 0.4) is 0 Å². The molecule has 0 radical (unpaired) electrons. The molecule has 1 rings (SSSR count). The van der Waals surface area contributed by atoms with Crippen molar-refractivity contribution in [2.75, 3.05) is 13.7 Å². The van der Waals surface area contributed by atoms with E-state index in [0.29, 0.717) is 17.6 Å². The molecule has 0 aliphatic heterocycles. The number of hydrogen-bond donors (Lipinski definition) is 0. The van der Waals surface area contributed by atoms with E-state index in [1.165, 1.54) is 20.3 Å². The number of esters is 2. The second-order valence-electron chi connectivity index (χ2n) is 4.74. The maximum atomic E-state index is 11.8. The number of benzene rings is 1. The van der Waals surface area contributed by atoms with Crippen molar-refractivity contribution in [1.29, 1.82) is 0 Å². The fraction of sp³-hybridized carbons (Fsp3) is 0.412. The van der Waals surface area contributed by atoms with Gasteiger partial charge in [0.25, 0.3) is 0 Å². The summed E-state index contributed by atoms with van der Waals surface area (Å²) in [5.74, 6) is -0.826. The highest BCUT2D eigenvalue weighted by atomic mass is 16.6. The lowest BCUT2D eigenvalue weighted by Gasteiger charge is -2.16. The second-order valence-corrected chi connectivity index (χ2v) is 4.74. The van der Waals surface area contributed by atoms with Gasteiger partial charge in [-0.3, -0.25) is 4.79 Å². The van der Waals surface area contributed by atoms with Gasteiger partial charge in [0.05, 0.1) is 13.4 Å². The molecule has 0 spiro atoms. The summed E-state index contributed by atoms with van der Waals surface area (Å²) in [6.07, 6.45) is 2.60. The smallest absolute Gasteiger partial charge is 0.341 e. The third-order valence-corrected chi connectivity index (χ3v) is 2.92. The molecule has 0 saturated heterocycles. The fourth-order valence-electron chi connectivity index (χ4n) is 1.93. The molecule has 5 heteroatoms. The lowest BCUT2D eigenvalue weighted by molar-refractivity contribution is -0.148. The number of hydrogen-bond acceptors (Lipinski definition) is 5. The van der Waals surface area contributed by atoms with E-state index in [9.17, 15) is 9.59 Å². The molecule has 0 aliphatic rings. The van der Waals surface area contributed by atoms with Gasteiger partial charge in [0.15, 0.2) is 0 Å². The maximum Gasteiger partial charge on any atom is 0.341 e. The summed E-state index contributed by atoms with van der Waals surface area (Å²) in [6.45, 7) is 3.55. The van der Waals surface area contributed by atoms with Crippen LogP contribution >= 0.6 is 0 Å². The minimum absolute atomic E-state index is 0.195. The first-order valence-corrected chi connectivity index (χ1v) is 7.21. The lowest BCUT2D eigenvalue weighted by atomic mass is 10.1. The van der Waals surface area contributed by atoms with E-state index in [1.807, 2.05) is 25.1 Å². The van der Waals surface area contributed by atoms with E-state index in [4.69, 9.17) is 14.2 Å². The Kier molecular flexibility index (Phi) is 7.75. The summed E-state index contributed by atoms with van der Waals surface area (Å²) in [5, 5.41) is 0. The van der Waals surface area contributed by atoms with Crippen LogP contribution in [0.25, 0.3) is 5.57 Å². The molecule has 0 saturated carbocycles. The predicted octanol–water partition coefficient (Wildman–Crippen LogP) is 2.95.